The number of aromatic amines is 1. The zero-order chi connectivity index (χ0) is 13.4. The number of aryl methyl sites for hydroxylation is 2. The Morgan fingerprint density at radius 1 is 1.26 bits per heavy atom. The molecule has 3 nitrogen and oxygen atoms in total. The number of nitrogens with zero attached hydrogens (tertiary/aromatic N) is 1. The van der Waals surface area contributed by atoms with Gasteiger partial charge in [-0.2, -0.15) is 0 Å². The zero-order valence-electron chi connectivity index (χ0n) is 11.0. The maximum Gasteiger partial charge on any atom is 0.186 e. The second-order valence-corrected chi connectivity index (χ2v) is 5.26. The van der Waals surface area contributed by atoms with E-state index in [0.29, 0.717) is 0 Å². The fraction of sp³-hybridized carbons (Fsp3) is 0.267. The predicted octanol–water partition coefficient (Wildman–Crippen LogP) is 4.71. The van der Waals surface area contributed by atoms with Crippen molar-refractivity contribution in [2.75, 3.05) is 0 Å². The standard InChI is InChI=1S/C13H9BrN2O.C2H6/c14-8-2-4-11-10(5-8)9-3-1-7-6-15-17-13(7)12(9)16-11;1-2/h2,4-6,16H,1,3H2;1-2H3. The molecule has 1 aromatic carbocycles. The molecule has 98 valence electrons. The fourth-order valence-electron chi connectivity index (χ4n) is 2.58. The molecule has 0 aliphatic heterocycles. The molecule has 0 saturated heterocycles. The average Bonchev–Trinajstić information content (AvgIpc) is 3.04. The molecule has 0 spiro atoms. The lowest BCUT2D eigenvalue weighted by atomic mass is 9.95. The number of aromatic nitrogens is 2. The Morgan fingerprint density at radius 2 is 2.11 bits per heavy atom. The predicted molar refractivity (Wildman–Crippen MR) is 80.3 cm³/mol. The Kier molecular flexibility index (Phi) is 3.19. The van der Waals surface area contributed by atoms with Crippen molar-refractivity contribution in [1.82, 2.24) is 10.1 Å². The molecule has 4 heteroatoms. The van der Waals surface area contributed by atoms with E-state index in [2.05, 4.69) is 38.2 Å². The maximum absolute atomic E-state index is 5.35. The van der Waals surface area contributed by atoms with E-state index >= 15 is 0 Å². The third kappa shape index (κ3) is 1.91. The normalized spacial score (nSPS) is 12.6. The zero-order valence-corrected chi connectivity index (χ0v) is 12.5. The van der Waals surface area contributed by atoms with Crippen molar-refractivity contribution in [3.63, 3.8) is 0 Å². The van der Waals surface area contributed by atoms with Crippen LogP contribution in [0.1, 0.15) is 25.0 Å². The van der Waals surface area contributed by atoms with Crippen molar-refractivity contribution in [1.29, 1.82) is 0 Å². The summed E-state index contributed by atoms with van der Waals surface area (Å²) in [5, 5.41) is 5.16. The molecule has 0 saturated carbocycles. The Hall–Kier alpha value is -1.55. The van der Waals surface area contributed by atoms with Crippen LogP contribution >= 0.6 is 15.9 Å². The van der Waals surface area contributed by atoms with Gasteiger partial charge in [0.2, 0.25) is 0 Å². The maximum atomic E-state index is 5.35. The molecule has 0 atom stereocenters. The SMILES string of the molecule is Brc1ccc2[nH]c3c(c2c1)CCc1cnoc1-3.CC. The summed E-state index contributed by atoms with van der Waals surface area (Å²) >= 11 is 3.52. The molecule has 2 aromatic heterocycles. The van der Waals surface area contributed by atoms with Gasteiger partial charge >= 0.3 is 0 Å². The van der Waals surface area contributed by atoms with E-state index in [0.717, 1.165) is 34.3 Å². The Labute approximate surface area is 120 Å². The van der Waals surface area contributed by atoms with E-state index in [1.165, 1.54) is 16.5 Å². The number of fused-ring (bicyclic) bond motifs is 5. The quantitative estimate of drug-likeness (QED) is 0.652. The van der Waals surface area contributed by atoms with E-state index in [1.54, 1.807) is 0 Å². The molecule has 3 aromatic rings. The smallest absolute Gasteiger partial charge is 0.186 e. The average molecular weight is 319 g/mol. The lowest BCUT2D eigenvalue weighted by Gasteiger charge is -2.09. The first-order chi connectivity index (χ1) is 9.33. The summed E-state index contributed by atoms with van der Waals surface area (Å²) in [5.74, 6) is 0.901. The monoisotopic (exact) mass is 318 g/mol. The van der Waals surface area contributed by atoms with Gasteiger partial charge in [0.05, 0.1) is 11.9 Å². The van der Waals surface area contributed by atoms with Gasteiger partial charge in [-0.25, -0.2) is 0 Å². The van der Waals surface area contributed by atoms with Gasteiger partial charge in [0.25, 0.3) is 0 Å². The minimum atomic E-state index is 0.901. The molecule has 19 heavy (non-hydrogen) atoms. The minimum Gasteiger partial charge on any atom is -0.354 e. The third-order valence-corrected chi connectivity index (χ3v) is 3.88. The van der Waals surface area contributed by atoms with Crippen molar-refractivity contribution >= 4 is 26.8 Å². The van der Waals surface area contributed by atoms with E-state index in [9.17, 15) is 0 Å². The lowest BCUT2D eigenvalue weighted by Crippen LogP contribution is -1.99. The second-order valence-electron chi connectivity index (χ2n) is 4.35. The number of benzene rings is 1. The third-order valence-electron chi connectivity index (χ3n) is 3.38. The Morgan fingerprint density at radius 3 is 2.95 bits per heavy atom. The summed E-state index contributed by atoms with van der Waals surface area (Å²) in [7, 11) is 0. The first-order valence-corrected chi connectivity index (χ1v) is 7.36. The van der Waals surface area contributed by atoms with Gasteiger partial charge < -0.3 is 9.51 Å². The van der Waals surface area contributed by atoms with Crippen LogP contribution in [0, 0.1) is 0 Å². The largest absolute Gasteiger partial charge is 0.354 e. The van der Waals surface area contributed by atoms with Crippen molar-refractivity contribution < 1.29 is 4.52 Å². The van der Waals surface area contributed by atoms with Crippen molar-refractivity contribution in [3.8, 4) is 11.5 Å². The Bertz CT molecular complexity index is 727. The summed E-state index contributed by atoms with van der Waals surface area (Å²) in [6.07, 6.45) is 3.87. The molecular formula is C15H15BrN2O. The van der Waals surface area contributed by atoms with Crippen molar-refractivity contribution in [2.45, 2.75) is 26.7 Å². The fourth-order valence-corrected chi connectivity index (χ4v) is 2.94. The highest BCUT2D eigenvalue weighted by Gasteiger charge is 2.23. The number of rotatable bonds is 0. The highest BCUT2D eigenvalue weighted by atomic mass is 79.9. The molecule has 0 amide bonds. The van der Waals surface area contributed by atoms with Crippen LogP contribution in [-0.2, 0) is 12.8 Å². The lowest BCUT2D eigenvalue weighted by molar-refractivity contribution is 0.429. The molecule has 1 N–H and O–H groups in total. The molecule has 1 aliphatic rings. The highest BCUT2D eigenvalue weighted by Crippen LogP contribution is 2.37. The summed E-state index contributed by atoms with van der Waals surface area (Å²) in [5.41, 5.74) is 4.79. The topological polar surface area (TPSA) is 41.8 Å². The minimum absolute atomic E-state index is 0.901. The molecule has 0 bridgehead atoms. The van der Waals surface area contributed by atoms with Gasteiger partial charge in [0.15, 0.2) is 5.76 Å². The molecule has 0 unspecified atom stereocenters. The highest BCUT2D eigenvalue weighted by molar-refractivity contribution is 9.10. The second kappa shape index (κ2) is 4.85. The van der Waals surface area contributed by atoms with E-state index in [1.807, 2.05) is 26.1 Å². The molecule has 0 radical (unpaired) electrons. The molecular weight excluding hydrogens is 304 g/mol. The van der Waals surface area contributed by atoms with Crippen LogP contribution in [0.2, 0.25) is 0 Å². The van der Waals surface area contributed by atoms with Crippen LogP contribution in [0.5, 0.6) is 0 Å². The van der Waals surface area contributed by atoms with E-state index < -0.39 is 0 Å². The van der Waals surface area contributed by atoms with Crippen LogP contribution in [0.25, 0.3) is 22.4 Å². The van der Waals surface area contributed by atoms with Gasteiger partial charge in [-0.15, -0.1) is 0 Å². The van der Waals surface area contributed by atoms with Crippen LogP contribution < -0.4 is 0 Å². The number of halogens is 1. The number of H-pyrrole nitrogens is 1. The molecule has 1 aliphatic carbocycles. The first-order valence-electron chi connectivity index (χ1n) is 6.57. The van der Waals surface area contributed by atoms with Gasteiger partial charge in [-0.1, -0.05) is 34.9 Å². The van der Waals surface area contributed by atoms with E-state index in [-0.39, 0.29) is 0 Å². The van der Waals surface area contributed by atoms with Gasteiger partial charge in [-0.05, 0) is 36.6 Å². The van der Waals surface area contributed by atoms with Crippen LogP contribution in [-0.4, -0.2) is 10.1 Å². The molecule has 4 rings (SSSR count). The summed E-state index contributed by atoms with van der Waals surface area (Å²) < 4.78 is 6.46. The van der Waals surface area contributed by atoms with Crippen molar-refractivity contribution in [3.05, 3.63) is 40.0 Å². The molecule has 2 heterocycles. The number of hydrogen-bond acceptors (Lipinski definition) is 2. The van der Waals surface area contributed by atoms with Crippen LogP contribution in [0.4, 0.5) is 0 Å². The first kappa shape index (κ1) is 12.5. The van der Waals surface area contributed by atoms with Crippen LogP contribution in [0.3, 0.4) is 0 Å². The van der Waals surface area contributed by atoms with Gasteiger partial charge in [0, 0.05) is 20.9 Å². The Balaban J connectivity index is 0.000000528. The van der Waals surface area contributed by atoms with Crippen molar-refractivity contribution in [2.24, 2.45) is 0 Å². The summed E-state index contributed by atoms with van der Waals surface area (Å²) in [4.78, 5) is 3.43. The summed E-state index contributed by atoms with van der Waals surface area (Å²) in [6.45, 7) is 4.00. The molecule has 0 fully saturated rings. The summed E-state index contributed by atoms with van der Waals surface area (Å²) in [6, 6.07) is 6.30. The van der Waals surface area contributed by atoms with Gasteiger partial charge in [-0.3, -0.25) is 0 Å². The number of hydrogen-bond donors (Lipinski definition) is 1. The number of nitrogens with one attached hydrogen (secondary N) is 1. The van der Waals surface area contributed by atoms with E-state index in [4.69, 9.17) is 4.52 Å². The van der Waals surface area contributed by atoms with Gasteiger partial charge in [0.1, 0.15) is 0 Å². The van der Waals surface area contributed by atoms with Crippen LogP contribution in [0.15, 0.2) is 33.4 Å².